The molecule has 1 unspecified atom stereocenters. The van der Waals surface area contributed by atoms with Gasteiger partial charge in [-0.3, -0.25) is 9.59 Å². The van der Waals surface area contributed by atoms with E-state index in [1.54, 1.807) is 0 Å². The Balaban J connectivity index is 1.95. The molecule has 0 saturated heterocycles. The Hall–Kier alpha value is -1.84. The quantitative estimate of drug-likeness (QED) is 0.811. The summed E-state index contributed by atoms with van der Waals surface area (Å²) < 4.78 is 0. The molecule has 0 heterocycles. The molecule has 2 N–H and O–H groups in total. The number of amides is 1. The van der Waals surface area contributed by atoms with E-state index in [9.17, 15) is 9.59 Å². The summed E-state index contributed by atoms with van der Waals surface area (Å²) in [4.78, 5) is 23.3. The third-order valence-corrected chi connectivity index (χ3v) is 4.50. The highest BCUT2D eigenvalue weighted by atomic mass is 16.4. The average molecular weight is 289 g/mol. The van der Waals surface area contributed by atoms with Gasteiger partial charge in [0.2, 0.25) is 5.91 Å². The number of benzene rings is 1. The molecule has 1 aliphatic rings. The second-order valence-electron chi connectivity index (χ2n) is 6.01. The van der Waals surface area contributed by atoms with Crippen LogP contribution >= 0.6 is 0 Å². The first-order valence-corrected chi connectivity index (χ1v) is 7.61. The highest BCUT2D eigenvalue weighted by Gasteiger charge is 2.39. The molecule has 1 aromatic rings. The number of carboxylic acids is 1. The summed E-state index contributed by atoms with van der Waals surface area (Å²) in [7, 11) is 0. The van der Waals surface area contributed by atoms with Crippen LogP contribution in [0.1, 0.15) is 50.5 Å². The molecule has 1 amide bonds. The van der Waals surface area contributed by atoms with E-state index in [0.29, 0.717) is 6.54 Å². The monoisotopic (exact) mass is 289 g/mol. The predicted molar refractivity (Wildman–Crippen MR) is 81.0 cm³/mol. The van der Waals surface area contributed by atoms with Gasteiger partial charge in [-0.05, 0) is 30.2 Å². The molecule has 0 aliphatic heterocycles. The minimum Gasteiger partial charge on any atom is -0.481 e. The fourth-order valence-electron chi connectivity index (χ4n) is 3.07. The van der Waals surface area contributed by atoms with Crippen LogP contribution in [0, 0.1) is 5.41 Å². The number of hydrogen-bond donors (Lipinski definition) is 2. The first kappa shape index (κ1) is 15.5. The Bertz CT molecular complexity index is 494. The zero-order valence-electron chi connectivity index (χ0n) is 12.5. The summed E-state index contributed by atoms with van der Waals surface area (Å²) in [6.07, 6.45) is 3.72. The second kappa shape index (κ2) is 6.74. The SMILES string of the molecule is CCC(C(=O)NCC1(CC(=O)O)CCC1)c1ccccc1. The van der Waals surface area contributed by atoms with Gasteiger partial charge in [-0.2, -0.15) is 0 Å². The lowest BCUT2D eigenvalue weighted by atomic mass is 9.66. The van der Waals surface area contributed by atoms with Gasteiger partial charge in [0.05, 0.1) is 12.3 Å². The third-order valence-electron chi connectivity index (χ3n) is 4.50. The van der Waals surface area contributed by atoms with E-state index in [2.05, 4.69) is 5.32 Å². The topological polar surface area (TPSA) is 66.4 Å². The van der Waals surface area contributed by atoms with Gasteiger partial charge in [0.15, 0.2) is 0 Å². The number of carboxylic acid groups (broad SMARTS) is 1. The Morgan fingerprint density at radius 1 is 1.29 bits per heavy atom. The maximum atomic E-state index is 12.4. The van der Waals surface area contributed by atoms with Gasteiger partial charge in [-0.1, -0.05) is 43.7 Å². The van der Waals surface area contributed by atoms with Crippen molar-refractivity contribution in [3.8, 4) is 0 Å². The van der Waals surface area contributed by atoms with E-state index < -0.39 is 5.97 Å². The van der Waals surface area contributed by atoms with Gasteiger partial charge in [-0.15, -0.1) is 0 Å². The molecule has 1 aliphatic carbocycles. The van der Waals surface area contributed by atoms with Crippen molar-refractivity contribution in [2.45, 2.75) is 44.9 Å². The number of rotatable bonds is 7. The molecule has 4 nitrogen and oxygen atoms in total. The van der Waals surface area contributed by atoms with E-state index in [1.165, 1.54) is 0 Å². The molecule has 114 valence electrons. The molecule has 0 spiro atoms. The molecule has 0 radical (unpaired) electrons. The van der Waals surface area contributed by atoms with E-state index in [4.69, 9.17) is 5.11 Å². The van der Waals surface area contributed by atoms with Gasteiger partial charge >= 0.3 is 5.97 Å². The molecule has 2 rings (SSSR count). The van der Waals surface area contributed by atoms with Crippen molar-refractivity contribution < 1.29 is 14.7 Å². The third kappa shape index (κ3) is 3.84. The largest absolute Gasteiger partial charge is 0.481 e. The maximum Gasteiger partial charge on any atom is 0.303 e. The van der Waals surface area contributed by atoms with Crippen LogP contribution in [0.5, 0.6) is 0 Å². The molecule has 21 heavy (non-hydrogen) atoms. The number of nitrogens with one attached hydrogen (secondary N) is 1. The fraction of sp³-hybridized carbons (Fsp3) is 0.529. The minimum absolute atomic E-state index is 0.000337. The van der Waals surface area contributed by atoms with E-state index in [0.717, 1.165) is 31.2 Å². The molecular weight excluding hydrogens is 266 g/mol. The van der Waals surface area contributed by atoms with Crippen molar-refractivity contribution in [3.63, 3.8) is 0 Å². The van der Waals surface area contributed by atoms with E-state index >= 15 is 0 Å². The number of aliphatic carboxylic acids is 1. The van der Waals surface area contributed by atoms with Crippen LogP contribution in [0.4, 0.5) is 0 Å². The maximum absolute atomic E-state index is 12.4. The second-order valence-corrected chi connectivity index (χ2v) is 6.01. The smallest absolute Gasteiger partial charge is 0.303 e. The van der Waals surface area contributed by atoms with Crippen molar-refractivity contribution in [1.82, 2.24) is 5.32 Å². The lowest BCUT2D eigenvalue weighted by molar-refractivity contribution is -0.142. The van der Waals surface area contributed by atoms with Crippen molar-refractivity contribution in [2.24, 2.45) is 5.41 Å². The van der Waals surface area contributed by atoms with Crippen molar-refractivity contribution in [3.05, 3.63) is 35.9 Å². The van der Waals surface area contributed by atoms with Crippen LogP contribution in [0.2, 0.25) is 0 Å². The average Bonchev–Trinajstić information content (AvgIpc) is 2.43. The Morgan fingerprint density at radius 3 is 2.43 bits per heavy atom. The van der Waals surface area contributed by atoms with Gasteiger partial charge in [0.1, 0.15) is 0 Å². The summed E-state index contributed by atoms with van der Waals surface area (Å²) >= 11 is 0. The molecule has 0 bridgehead atoms. The van der Waals surface area contributed by atoms with Gasteiger partial charge in [-0.25, -0.2) is 0 Å². The zero-order valence-corrected chi connectivity index (χ0v) is 12.5. The number of carbonyl (C=O) groups is 2. The summed E-state index contributed by atoms with van der Waals surface area (Å²) in [5.74, 6) is -0.937. The molecule has 1 fully saturated rings. The summed E-state index contributed by atoms with van der Waals surface area (Å²) in [5, 5.41) is 12.0. The number of carbonyl (C=O) groups excluding carboxylic acids is 1. The van der Waals surface area contributed by atoms with Crippen molar-refractivity contribution in [1.29, 1.82) is 0 Å². The lowest BCUT2D eigenvalue weighted by Crippen LogP contribution is -2.44. The summed E-state index contributed by atoms with van der Waals surface area (Å²) in [5.41, 5.74) is 0.787. The zero-order chi connectivity index (χ0) is 15.3. The first-order chi connectivity index (χ1) is 10.1. The Kier molecular flexibility index (Phi) is 4.99. The van der Waals surface area contributed by atoms with Crippen molar-refractivity contribution >= 4 is 11.9 Å². The lowest BCUT2D eigenvalue weighted by Gasteiger charge is -2.41. The Morgan fingerprint density at radius 2 is 1.95 bits per heavy atom. The van der Waals surface area contributed by atoms with Gasteiger partial charge < -0.3 is 10.4 Å². The van der Waals surface area contributed by atoms with Crippen LogP contribution in [-0.4, -0.2) is 23.5 Å². The van der Waals surface area contributed by atoms with Crippen molar-refractivity contribution in [2.75, 3.05) is 6.54 Å². The van der Waals surface area contributed by atoms with E-state index in [-0.39, 0.29) is 23.7 Å². The normalized spacial score (nSPS) is 17.6. The first-order valence-electron chi connectivity index (χ1n) is 7.61. The fourth-order valence-corrected chi connectivity index (χ4v) is 3.07. The van der Waals surface area contributed by atoms with Gasteiger partial charge in [0.25, 0.3) is 0 Å². The van der Waals surface area contributed by atoms with Gasteiger partial charge in [0, 0.05) is 6.54 Å². The molecule has 1 aromatic carbocycles. The minimum atomic E-state index is -0.779. The highest BCUT2D eigenvalue weighted by molar-refractivity contribution is 5.83. The summed E-state index contributed by atoms with van der Waals surface area (Å²) in [6.45, 7) is 2.47. The van der Waals surface area contributed by atoms with Crippen LogP contribution in [0.25, 0.3) is 0 Å². The molecule has 4 heteroatoms. The number of hydrogen-bond acceptors (Lipinski definition) is 2. The predicted octanol–water partition coefficient (Wildman–Crippen LogP) is 2.94. The Labute approximate surface area is 125 Å². The highest BCUT2D eigenvalue weighted by Crippen LogP contribution is 2.43. The van der Waals surface area contributed by atoms with Crippen LogP contribution in [0.15, 0.2) is 30.3 Å². The molecule has 1 saturated carbocycles. The van der Waals surface area contributed by atoms with Crippen LogP contribution in [-0.2, 0) is 9.59 Å². The van der Waals surface area contributed by atoms with Crippen LogP contribution < -0.4 is 5.32 Å². The standard InChI is InChI=1S/C17H23NO3/c1-2-14(13-7-4-3-5-8-13)16(21)18-12-17(9-6-10-17)11-15(19)20/h3-5,7-8,14H,2,6,9-12H2,1H3,(H,18,21)(H,19,20). The summed E-state index contributed by atoms with van der Waals surface area (Å²) in [6, 6.07) is 9.73. The molecule has 1 atom stereocenters. The van der Waals surface area contributed by atoms with E-state index in [1.807, 2.05) is 37.3 Å². The molecule has 0 aromatic heterocycles. The van der Waals surface area contributed by atoms with Crippen LogP contribution in [0.3, 0.4) is 0 Å². The molecular formula is C17H23NO3.